The summed E-state index contributed by atoms with van der Waals surface area (Å²) in [7, 11) is 0.406. The zero-order valence-electron chi connectivity index (χ0n) is 26.7. The van der Waals surface area contributed by atoms with Gasteiger partial charge in [0, 0.05) is 0 Å². The molecule has 0 spiro atoms. The normalized spacial score (nSPS) is 11.5. The summed E-state index contributed by atoms with van der Waals surface area (Å²) in [6, 6.07) is 0. The van der Waals surface area contributed by atoms with Crippen LogP contribution in [-0.2, 0) is 14.3 Å². The van der Waals surface area contributed by atoms with E-state index in [0.29, 0.717) is 19.4 Å². The van der Waals surface area contributed by atoms with E-state index in [4.69, 9.17) is 4.18 Å². The third-order valence-electron chi connectivity index (χ3n) is 7.29. The molecule has 0 aliphatic heterocycles. The summed E-state index contributed by atoms with van der Waals surface area (Å²) in [6.45, 7) is 2.44. The van der Waals surface area contributed by atoms with Crippen LogP contribution in [0.25, 0.3) is 0 Å². The van der Waals surface area contributed by atoms with E-state index in [1.807, 2.05) is 14.1 Å². The molecule has 0 fully saturated rings. The molecule has 0 aromatic rings. The van der Waals surface area contributed by atoms with Gasteiger partial charge >= 0.3 is 0 Å². The Balaban J connectivity index is 0. The molecule has 0 aliphatic rings. The molecular formula is C33H70FNO3S. The van der Waals surface area contributed by atoms with Gasteiger partial charge in [0.25, 0.3) is 10.1 Å². The van der Waals surface area contributed by atoms with Crippen LogP contribution in [-0.4, -0.2) is 41.5 Å². The molecule has 0 atom stereocenters. The second kappa shape index (κ2) is 35.8. The lowest BCUT2D eigenvalue weighted by Gasteiger charge is -2.06. The van der Waals surface area contributed by atoms with Crippen molar-refractivity contribution < 1.29 is 17.0 Å². The van der Waals surface area contributed by atoms with E-state index in [0.717, 1.165) is 38.5 Å². The maximum Gasteiger partial charge on any atom is 0.267 e. The fourth-order valence-corrected chi connectivity index (χ4v) is 5.91. The molecule has 39 heavy (non-hydrogen) atoms. The molecule has 0 aromatic carbocycles. The molecule has 0 unspecified atom stereocenters. The quantitative estimate of drug-likeness (QED) is 0.0655. The van der Waals surface area contributed by atoms with Gasteiger partial charge < -0.3 is 5.32 Å². The van der Waals surface area contributed by atoms with Gasteiger partial charge in [-0.25, -0.2) is 0 Å². The Hall–Kier alpha value is -0.200. The molecule has 1 N–H and O–H groups in total. The average molecular weight is 580 g/mol. The molecule has 0 amide bonds. The van der Waals surface area contributed by atoms with E-state index >= 15 is 0 Å². The summed E-state index contributed by atoms with van der Waals surface area (Å²) in [5.74, 6) is 0.162. The number of rotatable bonds is 31. The zero-order valence-corrected chi connectivity index (χ0v) is 27.5. The molecule has 0 saturated heterocycles. The Labute approximate surface area is 245 Å². The number of hydrogen-bond acceptors (Lipinski definition) is 4. The van der Waals surface area contributed by atoms with Crippen LogP contribution in [0.4, 0.5) is 4.39 Å². The fourth-order valence-electron chi connectivity index (χ4n) is 4.86. The summed E-state index contributed by atoms with van der Waals surface area (Å²) in [5, 5.41) is 2.75. The van der Waals surface area contributed by atoms with Crippen LogP contribution >= 0.6 is 0 Å². The van der Waals surface area contributed by atoms with Crippen LogP contribution in [0.3, 0.4) is 0 Å². The van der Waals surface area contributed by atoms with Crippen molar-refractivity contribution in [2.75, 3.05) is 33.1 Å². The lowest BCUT2D eigenvalue weighted by molar-refractivity contribution is 0.305. The predicted octanol–water partition coefficient (Wildman–Crippen LogP) is 10.7. The zero-order chi connectivity index (χ0) is 29.1. The maximum absolute atomic E-state index is 12.0. The predicted molar refractivity (Wildman–Crippen MR) is 171 cm³/mol. The van der Waals surface area contributed by atoms with Gasteiger partial charge in [-0.15, -0.1) is 0 Å². The van der Waals surface area contributed by atoms with Crippen LogP contribution in [0.5, 0.6) is 0 Å². The molecule has 0 bridgehead atoms. The summed E-state index contributed by atoms with van der Waals surface area (Å²) < 4.78 is 41.2. The first-order valence-electron chi connectivity index (χ1n) is 17.1. The largest absolute Gasteiger partial charge is 0.323 e. The number of halogens is 1. The lowest BCUT2D eigenvalue weighted by Crippen LogP contribution is -2.11. The Morgan fingerprint density at radius 1 is 0.487 bits per heavy atom. The summed E-state index contributed by atoms with van der Waals surface area (Å²) in [4.78, 5) is 0. The maximum atomic E-state index is 12.0. The summed E-state index contributed by atoms with van der Waals surface area (Å²) >= 11 is 0. The van der Waals surface area contributed by atoms with Crippen molar-refractivity contribution in [1.29, 1.82) is 0 Å². The van der Waals surface area contributed by atoms with Gasteiger partial charge in [0.2, 0.25) is 0 Å². The van der Waals surface area contributed by atoms with Crippen molar-refractivity contribution >= 4 is 10.1 Å². The van der Waals surface area contributed by atoms with Gasteiger partial charge in [-0.2, -0.15) is 8.42 Å². The summed E-state index contributed by atoms with van der Waals surface area (Å²) in [6.07, 6.45) is 32.9. The highest BCUT2D eigenvalue weighted by molar-refractivity contribution is 7.86. The van der Waals surface area contributed by atoms with Crippen molar-refractivity contribution in [3.63, 3.8) is 0 Å². The molecule has 0 saturated carbocycles. The molecule has 238 valence electrons. The molecule has 0 radical (unpaired) electrons. The second-order valence-corrected chi connectivity index (χ2v) is 13.2. The Kier molecular flexibility index (Phi) is 37.6. The van der Waals surface area contributed by atoms with Crippen molar-refractivity contribution in [3.05, 3.63) is 0 Å². The smallest absolute Gasteiger partial charge is 0.267 e. The van der Waals surface area contributed by atoms with E-state index in [2.05, 4.69) is 12.2 Å². The van der Waals surface area contributed by atoms with Gasteiger partial charge in [-0.1, -0.05) is 161 Å². The summed E-state index contributed by atoms with van der Waals surface area (Å²) in [5.41, 5.74) is 0. The number of nitrogens with one attached hydrogen (secondary N) is 1. The molecule has 0 aliphatic carbocycles. The van der Waals surface area contributed by atoms with Crippen LogP contribution in [0, 0.1) is 0 Å². The minimum Gasteiger partial charge on any atom is -0.323 e. The van der Waals surface area contributed by atoms with E-state index in [1.165, 1.54) is 122 Å². The number of hydrogen-bond donors (Lipinski definition) is 1. The average Bonchev–Trinajstić information content (AvgIpc) is 2.91. The van der Waals surface area contributed by atoms with E-state index < -0.39 is 10.1 Å². The third kappa shape index (κ3) is 40.0. The molecule has 6 heteroatoms. The van der Waals surface area contributed by atoms with Gasteiger partial charge in [0.05, 0.1) is 19.0 Å². The molecule has 0 aromatic heterocycles. The minimum atomic E-state index is -3.34. The monoisotopic (exact) mass is 580 g/mol. The molecular weight excluding hydrogens is 509 g/mol. The first-order valence-corrected chi connectivity index (χ1v) is 18.6. The second-order valence-electron chi connectivity index (χ2n) is 11.5. The molecule has 0 rings (SSSR count). The SMILES string of the molecule is CCCCCCCCCCCCCCCCCCCOS(=O)(=O)CCCCCCCCCCCCF.CNC. The van der Waals surface area contributed by atoms with Crippen molar-refractivity contribution in [2.45, 2.75) is 180 Å². The van der Waals surface area contributed by atoms with Crippen molar-refractivity contribution in [2.24, 2.45) is 0 Å². The molecule has 0 heterocycles. The number of unbranched alkanes of at least 4 members (excludes halogenated alkanes) is 25. The third-order valence-corrected chi connectivity index (χ3v) is 8.60. The van der Waals surface area contributed by atoms with E-state index in [1.54, 1.807) is 0 Å². The van der Waals surface area contributed by atoms with Crippen LogP contribution < -0.4 is 5.32 Å². The highest BCUT2D eigenvalue weighted by Gasteiger charge is 2.10. The van der Waals surface area contributed by atoms with Gasteiger partial charge in [0.1, 0.15) is 0 Å². The highest BCUT2D eigenvalue weighted by atomic mass is 32.2. The van der Waals surface area contributed by atoms with Crippen molar-refractivity contribution in [3.8, 4) is 0 Å². The van der Waals surface area contributed by atoms with E-state index in [-0.39, 0.29) is 12.4 Å². The standard InChI is InChI=1S/C31H63FO3S.C2H7N/c1-2-3-4-5-6-7-8-9-10-11-12-13-15-18-21-24-27-30-35-36(33,34)31-28-25-22-19-16-14-17-20-23-26-29-32;1-3-2/h2-31H2,1H3;3H,1-2H3. The van der Waals surface area contributed by atoms with Gasteiger partial charge in [-0.05, 0) is 33.4 Å². The van der Waals surface area contributed by atoms with Gasteiger partial charge in [-0.3, -0.25) is 8.57 Å². The fraction of sp³-hybridized carbons (Fsp3) is 1.00. The van der Waals surface area contributed by atoms with Gasteiger partial charge in [0.15, 0.2) is 0 Å². The van der Waals surface area contributed by atoms with Crippen LogP contribution in [0.1, 0.15) is 180 Å². The highest BCUT2D eigenvalue weighted by Crippen LogP contribution is 2.15. The Bertz CT molecular complexity index is 531. The minimum absolute atomic E-state index is 0.162. The molecule has 4 nitrogen and oxygen atoms in total. The topological polar surface area (TPSA) is 55.4 Å². The van der Waals surface area contributed by atoms with E-state index in [9.17, 15) is 12.8 Å². The first kappa shape index (κ1) is 40.9. The Morgan fingerprint density at radius 2 is 0.769 bits per heavy atom. The van der Waals surface area contributed by atoms with Crippen LogP contribution in [0.2, 0.25) is 0 Å². The van der Waals surface area contributed by atoms with Crippen molar-refractivity contribution in [1.82, 2.24) is 5.32 Å². The number of alkyl halides is 1. The first-order chi connectivity index (χ1) is 19.0. The Morgan fingerprint density at radius 3 is 1.10 bits per heavy atom. The van der Waals surface area contributed by atoms with Crippen LogP contribution in [0.15, 0.2) is 0 Å². The lowest BCUT2D eigenvalue weighted by atomic mass is 10.0.